The van der Waals surface area contributed by atoms with Gasteiger partial charge in [0, 0.05) is 58.7 Å². The number of ether oxygens (including phenoxy) is 4. The lowest BCUT2D eigenvalue weighted by molar-refractivity contribution is 0.0457. The molecular formula is C27H37N5O4S. The molecule has 200 valence electrons. The number of H-pyrrole nitrogens is 1. The topological polar surface area (TPSA) is 77.0 Å². The maximum atomic E-state index is 5.95. The van der Waals surface area contributed by atoms with Gasteiger partial charge in [0.05, 0.1) is 5.56 Å². The fourth-order valence-electron chi connectivity index (χ4n) is 4.42. The lowest BCUT2D eigenvalue weighted by Crippen LogP contribution is -2.43. The van der Waals surface area contributed by atoms with E-state index in [1.54, 1.807) is 14.2 Å². The molecule has 0 unspecified atom stereocenters. The highest BCUT2D eigenvalue weighted by atomic mass is 32.1. The van der Waals surface area contributed by atoms with E-state index in [1.807, 2.05) is 16.7 Å². The number of aromatic nitrogens is 3. The minimum atomic E-state index is 0.0872. The van der Waals surface area contributed by atoms with Crippen molar-refractivity contribution in [3.05, 3.63) is 52.3 Å². The quantitative estimate of drug-likeness (QED) is 0.290. The van der Waals surface area contributed by atoms with Crippen LogP contribution in [0.2, 0.25) is 0 Å². The summed E-state index contributed by atoms with van der Waals surface area (Å²) >= 11 is 5.65. The number of hydrogen-bond acceptors (Lipinski definition) is 8. The van der Waals surface area contributed by atoms with Gasteiger partial charge in [-0.1, -0.05) is 26.0 Å². The van der Waals surface area contributed by atoms with Gasteiger partial charge in [0.15, 0.2) is 24.2 Å². The first-order chi connectivity index (χ1) is 17.9. The molecule has 0 bridgehead atoms. The first-order valence-electron chi connectivity index (χ1n) is 12.5. The second kappa shape index (κ2) is 12.7. The highest BCUT2D eigenvalue weighted by molar-refractivity contribution is 7.71. The van der Waals surface area contributed by atoms with Gasteiger partial charge in [-0.3, -0.25) is 14.6 Å². The molecule has 0 radical (unpaired) electrons. The summed E-state index contributed by atoms with van der Waals surface area (Å²) in [6, 6.07) is 12.4. The van der Waals surface area contributed by atoms with Gasteiger partial charge in [-0.25, -0.2) is 0 Å². The van der Waals surface area contributed by atoms with Gasteiger partial charge in [0.25, 0.3) is 0 Å². The number of benzene rings is 2. The van der Waals surface area contributed by atoms with Crippen LogP contribution in [0.3, 0.4) is 0 Å². The Labute approximate surface area is 223 Å². The molecule has 37 heavy (non-hydrogen) atoms. The predicted molar refractivity (Wildman–Crippen MR) is 146 cm³/mol. The summed E-state index contributed by atoms with van der Waals surface area (Å²) in [5, 5.41) is 7.56. The average Bonchev–Trinajstić information content (AvgIpc) is 3.28. The normalized spacial score (nSPS) is 14.9. The van der Waals surface area contributed by atoms with Gasteiger partial charge in [0.1, 0.15) is 11.5 Å². The van der Waals surface area contributed by atoms with Crippen LogP contribution in [0.1, 0.15) is 30.9 Å². The standard InChI is InChI=1S/C27H37N5O4S/c1-19(2)22-14-23(25(36-18-34-5)15-24(22)35-17-33-4)26-28-29-27(37)32(26)21-8-6-20(7-9-21)16-31-12-10-30(3)11-13-31/h6-9,14-15,19H,10-13,16-18H2,1-5H3,(H,29,37). The molecule has 0 amide bonds. The van der Waals surface area contributed by atoms with Crippen molar-refractivity contribution in [3.63, 3.8) is 0 Å². The Kier molecular flexibility index (Phi) is 9.33. The van der Waals surface area contributed by atoms with E-state index in [4.69, 9.17) is 31.2 Å². The van der Waals surface area contributed by atoms with Crippen LogP contribution in [0.25, 0.3) is 17.1 Å². The van der Waals surface area contributed by atoms with Crippen LogP contribution in [0.15, 0.2) is 36.4 Å². The molecule has 9 nitrogen and oxygen atoms in total. The van der Waals surface area contributed by atoms with E-state index in [0.29, 0.717) is 22.1 Å². The molecule has 0 saturated carbocycles. The number of hydrogen-bond donors (Lipinski definition) is 1. The zero-order valence-corrected chi connectivity index (χ0v) is 23.1. The zero-order valence-electron chi connectivity index (χ0n) is 22.3. The van der Waals surface area contributed by atoms with E-state index in [-0.39, 0.29) is 19.5 Å². The maximum Gasteiger partial charge on any atom is 0.200 e. The molecule has 1 N–H and O–H groups in total. The molecule has 1 aromatic heterocycles. The SMILES string of the molecule is COCOc1cc(OCOC)c(C(C)C)cc1-c1n[nH]c(=S)n1-c1ccc(CN2CCN(C)CC2)cc1. The van der Waals surface area contributed by atoms with E-state index >= 15 is 0 Å². The second-order valence-electron chi connectivity index (χ2n) is 9.58. The van der Waals surface area contributed by atoms with E-state index < -0.39 is 0 Å². The molecule has 1 aliphatic rings. The fourth-order valence-corrected chi connectivity index (χ4v) is 4.66. The third kappa shape index (κ3) is 6.58. The Morgan fingerprint density at radius 2 is 1.59 bits per heavy atom. The Bertz CT molecular complexity index is 1220. The number of methoxy groups -OCH3 is 2. The summed E-state index contributed by atoms with van der Waals surface area (Å²) in [4.78, 5) is 4.86. The van der Waals surface area contributed by atoms with Crippen molar-refractivity contribution < 1.29 is 18.9 Å². The molecule has 0 atom stereocenters. The van der Waals surface area contributed by atoms with Crippen molar-refractivity contribution in [3.8, 4) is 28.6 Å². The number of aromatic amines is 1. The Hall–Kier alpha value is -2.76. The van der Waals surface area contributed by atoms with Crippen molar-refractivity contribution in [2.75, 3.05) is 61.0 Å². The third-order valence-corrected chi connectivity index (χ3v) is 6.78. The van der Waals surface area contributed by atoms with Gasteiger partial charge < -0.3 is 23.8 Å². The molecule has 2 heterocycles. The van der Waals surface area contributed by atoms with Crippen molar-refractivity contribution >= 4 is 12.2 Å². The van der Waals surface area contributed by atoms with Crippen LogP contribution >= 0.6 is 12.2 Å². The van der Waals surface area contributed by atoms with Crippen LogP contribution in [-0.2, 0) is 16.0 Å². The zero-order chi connectivity index (χ0) is 26.4. The monoisotopic (exact) mass is 527 g/mol. The molecular weight excluding hydrogens is 490 g/mol. The van der Waals surface area contributed by atoms with E-state index in [0.717, 1.165) is 49.5 Å². The summed E-state index contributed by atoms with van der Waals surface area (Å²) < 4.78 is 24.6. The van der Waals surface area contributed by atoms with E-state index in [9.17, 15) is 0 Å². The van der Waals surface area contributed by atoms with Crippen LogP contribution < -0.4 is 9.47 Å². The lowest BCUT2D eigenvalue weighted by Gasteiger charge is -2.32. The van der Waals surface area contributed by atoms with Crippen LogP contribution in [0, 0.1) is 4.77 Å². The number of nitrogens with zero attached hydrogens (tertiary/aromatic N) is 4. The molecule has 1 fully saturated rings. The Morgan fingerprint density at radius 1 is 0.946 bits per heavy atom. The Balaban J connectivity index is 1.69. The van der Waals surface area contributed by atoms with Crippen molar-refractivity contribution in [1.29, 1.82) is 0 Å². The van der Waals surface area contributed by atoms with E-state index in [1.165, 1.54) is 5.56 Å². The first-order valence-corrected chi connectivity index (χ1v) is 12.9. The first kappa shape index (κ1) is 27.3. The van der Waals surface area contributed by atoms with Gasteiger partial charge in [-0.05, 0) is 54.5 Å². The number of rotatable bonds is 11. The predicted octanol–water partition coefficient (Wildman–Crippen LogP) is 4.43. The van der Waals surface area contributed by atoms with Gasteiger partial charge in [-0.2, -0.15) is 5.10 Å². The largest absolute Gasteiger partial charge is 0.467 e. The van der Waals surface area contributed by atoms with E-state index in [2.05, 4.69) is 65.2 Å². The summed E-state index contributed by atoms with van der Waals surface area (Å²) in [6.07, 6.45) is 0. The summed E-state index contributed by atoms with van der Waals surface area (Å²) in [5.74, 6) is 2.13. The van der Waals surface area contributed by atoms with Gasteiger partial charge >= 0.3 is 0 Å². The summed E-state index contributed by atoms with van der Waals surface area (Å²) in [7, 11) is 5.36. The number of nitrogens with one attached hydrogen (secondary N) is 1. The molecule has 1 saturated heterocycles. The maximum absolute atomic E-state index is 5.95. The minimum Gasteiger partial charge on any atom is -0.467 e. The van der Waals surface area contributed by atoms with Crippen LogP contribution in [-0.4, -0.2) is 85.6 Å². The van der Waals surface area contributed by atoms with Crippen molar-refractivity contribution in [2.45, 2.75) is 26.3 Å². The molecule has 2 aromatic carbocycles. The Morgan fingerprint density at radius 3 is 2.22 bits per heavy atom. The van der Waals surface area contributed by atoms with Crippen LogP contribution in [0.4, 0.5) is 0 Å². The van der Waals surface area contributed by atoms with Gasteiger partial charge in [0.2, 0.25) is 0 Å². The van der Waals surface area contributed by atoms with Crippen molar-refractivity contribution in [2.24, 2.45) is 0 Å². The highest BCUT2D eigenvalue weighted by Gasteiger charge is 2.21. The molecule has 0 aliphatic carbocycles. The molecule has 4 rings (SSSR count). The smallest absolute Gasteiger partial charge is 0.200 e. The molecule has 3 aromatic rings. The molecule has 10 heteroatoms. The number of likely N-dealkylation sites (N-methyl/N-ethyl adjacent to an activating group) is 1. The second-order valence-corrected chi connectivity index (χ2v) is 9.96. The van der Waals surface area contributed by atoms with Gasteiger partial charge in [-0.15, -0.1) is 0 Å². The van der Waals surface area contributed by atoms with Crippen LogP contribution in [0.5, 0.6) is 11.5 Å². The fraction of sp³-hybridized carbons (Fsp3) is 0.481. The minimum absolute atomic E-state index is 0.0872. The average molecular weight is 528 g/mol. The third-order valence-electron chi connectivity index (χ3n) is 6.51. The molecule has 1 aliphatic heterocycles. The summed E-state index contributed by atoms with van der Waals surface area (Å²) in [6.45, 7) is 9.78. The highest BCUT2D eigenvalue weighted by Crippen LogP contribution is 2.39. The lowest BCUT2D eigenvalue weighted by atomic mass is 9.98. The summed E-state index contributed by atoms with van der Waals surface area (Å²) in [5.41, 5.74) is 4.01. The number of piperazine rings is 1. The molecule has 0 spiro atoms. The van der Waals surface area contributed by atoms with Crippen molar-refractivity contribution in [1.82, 2.24) is 24.6 Å².